The summed E-state index contributed by atoms with van der Waals surface area (Å²) in [5.74, 6) is -3.46. The monoisotopic (exact) mass is 194 g/mol. The molecule has 0 radical (unpaired) electrons. The molecule has 1 aromatic heterocycles. The number of hydrogen-bond acceptors (Lipinski definition) is 4. The minimum atomic E-state index is -1.32. The van der Waals surface area contributed by atoms with Gasteiger partial charge in [0.05, 0.1) is 11.9 Å². The average molecular weight is 194 g/mol. The van der Waals surface area contributed by atoms with Crippen LogP contribution >= 0.6 is 0 Å². The zero-order valence-electron chi connectivity index (χ0n) is 6.91. The average Bonchev–Trinajstić information content (AvgIpc) is 2.41. The van der Waals surface area contributed by atoms with Crippen LogP contribution in [0.4, 0.5) is 5.69 Å². The first-order chi connectivity index (χ1) is 6.63. The van der Waals surface area contributed by atoms with Crippen molar-refractivity contribution < 1.29 is 19.9 Å². The minimum Gasteiger partial charge on any atom is -0.480 e. The van der Waals surface area contributed by atoms with E-state index in [4.69, 9.17) is 5.11 Å². The SMILES string of the molecule is O=C(O)C1C(=O)N(O)c2cnccc21. The number of hydroxylamine groups is 1. The third-order valence-corrected chi connectivity index (χ3v) is 2.07. The highest BCUT2D eigenvalue weighted by Crippen LogP contribution is 2.35. The van der Waals surface area contributed by atoms with Gasteiger partial charge in [0.15, 0.2) is 5.92 Å². The Balaban J connectivity index is 2.59. The van der Waals surface area contributed by atoms with Crippen molar-refractivity contribution in [3.8, 4) is 0 Å². The van der Waals surface area contributed by atoms with Gasteiger partial charge in [0.2, 0.25) is 0 Å². The Labute approximate surface area is 78.4 Å². The molecule has 1 aromatic rings. The molecule has 2 N–H and O–H groups in total. The smallest absolute Gasteiger partial charge is 0.320 e. The summed E-state index contributed by atoms with van der Waals surface area (Å²) in [6.45, 7) is 0. The van der Waals surface area contributed by atoms with E-state index in [1.54, 1.807) is 0 Å². The van der Waals surface area contributed by atoms with Crippen LogP contribution < -0.4 is 5.06 Å². The molecule has 1 atom stereocenters. The summed E-state index contributed by atoms with van der Waals surface area (Å²) in [4.78, 5) is 25.7. The molecule has 1 aliphatic rings. The Morgan fingerprint density at radius 1 is 1.57 bits per heavy atom. The fraction of sp³-hybridized carbons (Fsp3) is 0.125. The van der Waals surface area contributed by atoms with Gasteiger partial charge in [0.25, 0.3) is 5.91 Å². The zero-order chi connectivity index (χ0) is 10.3. The number of fused-ring (bicyclic) bond motifs is 1. The molecule has 72 valence electrons. The number of aromatic nitrogens is 1. The molecule has 1 aliphatic heterocycles. The Morgan fingerprint density at radius 3 is 2.93 bits per heavy atom. The van der Waals surface area contributed by atoms with E-state index < -0.39 is 17.8 Å². The topological polar surface area (TPSA) is 90.7 Å². The van der Waals surface area contributed by atoms with Crippen molar-refractivity contribution in [2.75, 3.05) is 5.06 Å². The lowest BCUT2D eigenvalue weighted by atomic mass is 10.0. The van der Waals surface area contributed by atoms with Gasteiger partial charge in [0, 0.05) is 11.8 Å². The third-order valence-electron chi connectivity index (χ3n) is 2.07. The van der Waals surface area contributed by atoms with Crippen molar-refractivity contribution in [1.29, 1.82) is 0 Å². The van der Waals surface area contributed by atoms with E-state index in [2.05, 4.69) is 4.98 Å². The van der Waals surface area contributed by atoms with Crippen molar-refractivity contribution >= 4 is 17.6 Å². The molecule has 1 amide bonds. The summed E-state index contributed by atoms with van der Waals surface area (Å²) in [5.41, 5.74) is 0.393. The van der Waals surface area contributed by atoms with Crippen LogP contribution in [0, 0.1) is 0 Å². The fourth-order valence-electron chi connectivity index (χ4n) is 1.43. The molecule has 0 bridgehead atoms. The van der Waals surface area contributed by atoms with Crippen LogP contribution in [-0.2, 0) is 9.59 Å². The predicted molar refractivity (Wildman–Crippen MR) is 43.9 cm³/mol. The molecule has 6 heteroatoms. The Bertz CT molecular complexity index is 418. The van der Waals surface area contributed by atoms with Crippen LogP contribution in [0.25, 0.3) is 0 Å². The summed E-state index contributed by atoms with van der Waals surface area (Å²) >= 11 is 0. The molecule has 0 fully saturated rings. The number of aliphatic carboxylic acids is 1. The molecule has 2 rings (SSSR count). The lowest BCUT2D eigenvalue weighted by molar-refractivity contribution is -0.143. The number of rotatable bonds is 1. The van der Waals surface area contributed by atoms with Crippen LogP contribution in [0.3, 0.4) is 0 Å². The molecular formula is C8H6N2O4. The number of carboxylic acids is 1. The van der Waals surface area contributed by atoms with Crippen molar-refractivity contribution in [3.05, 3.63) is 24.0 Å². The quantitative estimate of drug-likeness (QED) is 0.484. The number of carbonyl (C=O) groups is 2. The van der Waals surface area contributed by atoms with Gasteiger partial charge < -0.3 is 5.11 Å². The molecule has 0 saturated heterocycles. The van der Waals surface area contributed by atoms with Gasteiger partial charge in [-0.25, -0.2) is 0 Å². The second-order valence-electron chi connectivity index (χ2n) is 2.86. The van der Waals surface area contributed by atoms with E-state index >= 15 is 0 Å². The molecule has 0 aliphatic carbocycles. The van der Waals surface area contributed by atoms with Crippen molar-refractivity contribution in [3.63, 3.8) is 0 Å². The maximum absolute atomic E-state index is 11.3. The Hall–Kier alpha value is -1.95. The van der Waals surface area contributed by atoms with Gasteiger partial charge in [-0.2, -0.15) is 5.06 Å². The van der Waals surface area contributed by atoms with Crippen LogP contribution in [0.5, 0.6) is 0 Å². The lowest BCUT2D eigenvalue weighted by Gasteiger charge is -2.05. The summed E-state index contributed by atoms with van der Waals surface area (Å²) in [7, 11) is 0. The predicted octanol–water partition coefficient (Wildman–Crippen LogP) is -0.0144. The fourth-order valence-corrected chi connectivity index (χ4v) is 1.43. The summed E-state index contributed by atoms with van der Waals surface area (Å²) in [5, 5.41) is 18.3. The normalized spacial score (nSPS) is 19.6. The van der Waals surface area contributed by atoms with Gasteiger partial charge in [0.1, 0.15) is 0 Å². The van der Waals surface area contributed by atoms with Crippen LogP contribution in [-0.4, -0.2) is 27.2 Å². The molecule has 6 nitrogen and oxygen atoms in total. The number of anilines is 1. The second-order valence-corrected chi connectivity index (χ2v) is 2.86. The van der Waals surface area contributed by atoms with Crippen LogP contribution in [0.15, 0.2) is 18.5 Å². The third kappa shape index (κ3) is 0.975. The zero-order valence-corrected chi connectivity index (χ0v) is 6.91. The summed E-state index contributed by atoms with van der Waals surface area (Å²) < 4.78 is 0. The van der Waals surface area contributed by atoms with Crippen molar-refractivity contribution in [1.82, 2.24) is 4.98 Å². The number of carbonyl (C=O) groups excluding carboxylic acids is 1. The van der Waals surface area contributed by atoms with Crippen molar-refractivity contribution in [2.24, 2.45) is 0 Å². The van der Waals surface area contributed by atoms with Crippen LogP contribution in [0.1, 0.15) is 11.5 Å². The van der Waals surface area contributed by atoms with Gasteiger partial charge in [-0.05, 0) is 6.07 Å². The van der Waals surface area contributed by atoms with Gasteiger partial charge in [-0.3, -0.25) is 19.8 Å². The van der Waals surface area contributed by atoms with Gasteiger partial charge in [-0.15, -0.1) is 0 Å². The number of nitrogens with zero attached hydrogens (tertiary/aromatic N) is 2. The van der Waals surface area contributed by atoms with Crippen molar-refractivity contribution in [2.45, 2.75) is 5.92 Å². The first-order valence-corrected chi connectivity index (χ1v) is 3.82. The summed E-state index contributed by atoms with van der Waals surface area (Å²) in [6, 6.07) is 1.40. The highest BCUT2D eigenvalue weighted by Gasteiger charge is 2.41. The lowest BCUT2D eigenvalue weighted by Crippen LogP contribution is -2.28. The molecular weight excluding hydrogens is 188 g/mol. The minimum absolute atomic E-state index is 0.130. The number of amides is 1. The summed E-state index contributed by atoms with van der Waals surface area (Å²) in [6.07, 6.45) is 2.62. The number of carboxylic acid groups (broad SMARTS) is 1. The second kappa shape index (κ2) is 2.78. The number of pyridine rings is 1. The highest BCUT2D eigenvalue weighted by molar-refractivity contribution is 6.14. The first-order valence-electron chi connectivity index (χ1n) is 3.82. The van der Waals surface area contributed by atoms with E-state index in [0.29, 0.717) is 5.06 Å². The van der Waals surface area contributed by atoms with E-state index in [1.165, 1.54) is 18.5 Å². The van der Waals surface area contributed by atoms with Crippen LogP contribution in [0.2, 0.25) is 0 Å². The number of hydrogen-bond donors (Lipinski definition) is 2. The maximum Gasteiger partial charge on any atom is 0.320 e. The van der Waals surface area contributed by atoms with Gasteiger partial charge in [-0.1, -0.05) is 0 Å². The molecule has 0 aromatic carbocycles. The Morgan fingerprint density at radius 2 is 2.29 bits per heavy atom. The molecule has 2 heterocycles. The largest absolute Gasteiger partial charge is 0.480 e. The van der Waals surface area contributed by atoms with E-state index in [9.17, 15) is 14.8 Å². The molecule has 1 unspecified atom stereocenters. The Kier molecular flexibility index (Phi) is 1.71. The highest BCUT2D eigenvalue weighted by atomic mass is 16.5. The van der Waals surface area contributed by atoms with E-state index in [0.717, 1.165) is 0 Å². The molecule has 14 heavy (non-hydrogen) atoms. The van der Waals surface area contributed by atoms with E-state index in [1.807, 2.05) is 0 Å². The maximum atomic E-state index is 11.3. The van der Waals surface area contributed by atoms with Gasteiger partial charge >= 0.3 is 5.97 Å². The first kappa shape index (κ1) is 8.64. The molecule has 0 spiro atoms. The standard InChI is InChI=1S/C8H6N2O4/c11-7-6(8(12)13)4-1-2-9-3-5(4)10(7)14/h1-3,6,14H,(H,12,13). The van der Waals surface area contributed by atoms with E-state index in [-0.39, 0.29) is 11.3 Å². The molecule has 0 saturated carbocycles.